The van der Waals surface area contributed by atoms with Crippen molar-refractivity contribution in [1.82, 2.24) is 9.78 Å². The van der Waals surface area contributed by atoms with Crippen LogP contribution in [-0.2, 0) is 6.42 Å². The summed E-state index contributed by atoms with van der Waals surface area (Å²) in [4.78, 5) is 23.1. The van der Waals surface area contributed by atoms with Gasteiger partial charge >= 0.3 is 0 Å². The lowest BCUT2D eigenvalue weighted by Gasteiger charge is -2.10. The van der Waals surface area contributed by atoms with Crippen LogP contribution in [0.25, 0.3) is 5.69 Å². The van der Waals surface area contributed by atoms with Crippen molar-refractivity contribution in [2.75, 3.05) is 0 Å². The second kappa shape index (κ2) is 5.18. The first-order chi connectivity index (χ1) is 9.02. The third-order valence-corrected chi connectivity index (χ3v) is 3.03. The molecule has 0 aliphatic carbocycles. The summed E-state index contributed by atoms with van der Waals surface area (Å²) in [5.41, 5.74) is 2.43. The van der Waals surface area contributed by atoms with E-state index in [0.29, 0.717) is 5.69 Å². The number of hydrogen-bond donors (Lipinski definition) is 0. The normalized spacial score (nSPS) is 10.5. The van der Waals surface area contributed by atoms with E-state index in [4.69, 9.17) is 0 Å². The molecule has 0 saturated heterocycles. The summed E-state index contributed by atoms with van der Waals surface area (Å²) in [6.07, 6.45) is 0.968. The third-order valence-electron chi connectivity index (χ3n) is 3.03. The van der Waals surface area contributed by atoms with Gasteiger partial charge < -0.3 is 0 Å². The van der Waals surface area contributed by atoms with Crippen LogP contribution in [0.15, 0.2) is 35.1 Å². The molecule has 2 aromatic rings. The molecule has 98 valence electrons. The number of nitrogens with zero attached hydrogens (tertiary/aromatic N) is 2. The van der Waals surface area contributed by atoms with E-state index in [0.717, 1.165) is 12.1 Å². The van der Waals surface area contributed by atoms with E-state index in [1.54, 1.807) is 11.6 Å². The quantitative estimate of drug-likeness (QED) is 0.792. The lowest BCUT2D eigenvalue weighted by atomic mass is 10.1. The van der Waals surface area contributed by atoms with Crippen LogP contribution >= 0.6 is 0 Å². The molecule has 1 aromatic heterocycles. The van der Waals surface area contributed by atoms with Crippen LogP contribution in [-0.4, -0.2) is 15.6 Å². The Hall–Kier alpha value is -2.23. The molecule has 0 unspecified atom stereocenters. The average Bonchev–Trinajstić information content (AvgIpc) is 2.38. The van der Waals surface area contributed by atoms with Crippen LogP contribution in [0.4, 0.5) is 0 Å². The Morgan fingerprint density at radius 2 is 1.89 bits per heavy atom. The molecule has 19 heavy (non-hydrogen) atoms. The minimum atomic E-state index is -0.327. The van der Waals surface area contributed by atoms with Gasteiger partial charge in [0.25, 0.3) is 0 Å². The van der Waals surface area contributed by atoms with E-state index in [1.165, 1.54) is 18.6 Å². The van der Waals surface area contributed by atoms with Crippen LogP contribution in [0.5, 0.6) is 0 Å². The number of carbonyl (C=O) groups is 1. The van der Waals surface area contributed by atoms with Gasteiger partial charge in [-0.1, -0.05) is 19.1 Å². The molecule has 0 saturated carbocycles. The van der Waals surface area contributed by atoms with E-state index < -0.39 is 0 Å². The number of benzene rings is 1. The Morgan fingerprint density at radius 3 is 2.42 bits per heavy atom. The molecular formula is C15H16N2O2. The average molecular weight is 256 g/mol. The molecule has 2 rings (SSSR count). The zero-order valence-electron chi connectivity index (χ0n) is 11.3. The first-order valence-corrected chi connectivity index (χ1v) is 6.24. The van der Waals surface area contributed by atoms with Crippen molar-refractivity contribution in [3.63, 3.8) is 0 Å². The van der Waals surface area contributed by atoms with Gasteiger partial charge in [-0.3, -0.25) is 9.59 Å². The van der Waals surface area contributed by atoms with Crippen LogP contribution in [0.3, 0.4) is 0 Å². The maximum Gasteiger partial charge on any atom is 0.211 e. The van der Waals surface area contributed by atoms with E-state index >= 15 is 0 Å². The molecule has 0 spiro atoms. The third kappa shape index (κ3) is 2.62. The highest BCUT2D eigenvalue weighted by Crippen LogP contribution is 2.11. The molecule has 0 atom stereocenters. The summed E-state index contributed by atoms with van der Waals surface area (Å²) in [7, 11) is 0. The molecule has 0 fully saturated rings. The van der Waals surface area contributed by atoms with Crippen molar-refractivity contribution < 1.29 is 4.79 Å². The highest BCUT2D eigenvalue weighted by Gasteiger charge is 2.11. The summed E-state index contributed by atoms with van der Waals surface area (Å²) >= 11 is 0. The SMILES string of the molecule is CCc1ccc(-n2nc(C(C)=O)c(=O)cc2C)cc1. The van der Waals surface area contributed by atoms with Gasteiger partial charge in [0, 0.05) is 18.7 Å². The van der Waals surface area contributed by atoms with Crippen LogP contribution < -0.4 is 5.43 Å². The summed E-state index contributed by atoms with van der Waals surface area (Å²) in [6, 6.07) is 9.35. The Bertz CT molecular complexity index is 670. The van der Waals surface area contributed by atoms with Crippen molar-refractivity contribution in [3.05, 3.63) is 57.5 Å². The maximum absolute atomic E-state index is 11.7. The molecule has 4 nitrogen and oxygen atoms in total. The second-order valence-electron chi connectivity index (χ2n) is 4.49. The van der Waals surface area contributed by atoms with Crippen LogP contribution in [0.2, 0.25) is 0 Å². The van der Waals surface area contributed by atoms with Gasteiger partial charge in [-0.25, -0.2) is 4.68 Å². The van der Waals surface area contributed by atoms with Crippen molar-refractivity contribution in [3.8, 4) is 5.69 Å². The van der Waals surface area contributed by atoms with E-state index in [9.17, 15) is 9.59 Å². The number of rotatable bonds is 3. The predicted molar refractivity (Wildman–Crippen MR) is 74.0 cm³/mol. The molecule has 0 radical (unpaired) electrons. The van der Waals surface area contributed by atoms with E-state index in [1.807, 2.05) is 24.3 Å². The van der Waals surface area contributed by atoms with Crippen molar-refractivity contribution in [1.29, 1.82) is 0 Å². The second-order valence-corrected chi connectivity index (χ2v) is 4.49. The number of aryl methyl sites for hydroxylation is 2. The van der Waals surface area contributed by atoms with Crippen molar-refractivity contribution in [2.45, 2.75) is 27.2 Å². The molecule has 1 aromatic carbocycles. The minimum Gasteiger partial charge on any atom is -0.293 e. The molecule has 0 N–H and O–H groups in total. The van der Waals surface area contributed by atoms with Gasteiger partial charge in [0.1, 0.15) is 0 Å². The van der Waals surface area contributed by atoms with Gasteiger partial charge in [0.05, 0.1) is 5.69 Å². The fourth-order valence-electron chi connectivity index (χ4n) is 1.93. The minimum absolute atomic E-state index is 0.0230. The van der Waals surface area contributed by atoms with Crippen molar-refractivity contribution >= 4 is 5.78 Å². The summed E-state index contributed by atoms with van der Waals surface area (Å²) in [5, 5.41) is 4.15. The van der Waals surface area contributed by atoms with Gasteiger partial charge in [-0.15, -0.1) is 0 Å². The monoisotopic (exact) mass is 256 g/mol. The van der Waals surface area contributed by atoms with Gasteiger partial charge in [0.2, 0.25) is 5.43 Å². The Balaban J connectivity index is 2.57. The van der Waals surface area contributed by atoms with E-state index in [-0.39, 0.29) is 16.9 Å². The fraction of sp³-hybridized carbons (Fsp3) is 0.267. The van der Waals surface area contributed by atoms with Crippen LogP contribution in [0.1, 0.15) is 35.6 Å². The highest BCUT2D eigenvalue weighted by molar-refractivity contribution is 5.91. The standard InChI is InChI=1S/C15H16N2O2/c1-4-12-5-7-13(8-6-12)17-10(2)9-14(19)15(16-17)11(3)18/h5-9H,4H2,1-3H3. The predicted octanol–water partition coefficient (Wildman–Crippen LogP) is 2.31. The Kier molecular flexibility index (Phi) is 3.60. The Labute approximate surface area is 111 Å². The molecular weight excluding hydrogens is 240 g/mol. The first-order valence-electron chi connectivity index (χ1n) is 6.24. The summed E-state index contributed by atoms with van der Waals surface area (Å²) in [5.74, 6) is -0.316. The molecule has 0 amide bonds. The fourth-order valence-corrected chi connectivity index (χ4v) is 1.93. The topological polar surface area (TPSA) is 52.0 Å². The van der Waals surface area contributed by atoms with Crippen molar-refractivity contribution in [2.24, 2.45) is 0 Å². The maximum atomic E-state index is 11.7. The number of hydrogen-bond acceptors (Lipinski definition) is 3. The number of Topliss-reactive ketones (excluding diaryl/α,β-unsaturated/α-hetero) is 1. The zero-order valence-corrected chi connectivity index (χ0v) is 11.3. The lowest BCUT2D eigenvalue weighted by molar-refractivity contribution is 0.101. The van der Waals surface area contributed by atoms with E-state index in [2.05, 4.69) is 12.0 Å². The van der Waals surface area contributed by atoms with Gasteiger partial charge in [0.15, 0.2) is 11.5 Å². The Morgan fingerprint density at radius 1 is 1.26 bits per heavy atom. The molecule has 0 aliphatic rings. The number of ketones is 1. The molecule has 0 bridgehead atoms. The highest BCUT2D eigenvalue weighted by atomic mass is 16.1. The molecule has 0 aliphatic heterocycles. The molecule has 4 heteroatoms. The smallest absolute Gasteiger partial charge is 0.211 e. The van der Waals surface area contributed by atoms with Gasteiger partial charge in [-0.05, 0) is 31.0 Å². The first kappa shape index (κ1) is 13.2. The largest absolute Gasteiger partial charge is 0.293 e. The summed E-state index contributed by atoms with van der Waals surface area (Å²) in [6.45, 7) is 5.24. The van der Waals surface area contributed by atoms with Gasteiger partial charge in [-0.2, -0.15) is 5.10 Å². The number of carbonyl (C=O) groups excluding carboxylic acids is 1. The molecule has 1 heterocycles. The summed E-state index contributed by atoms with van der Waals surface area (Å²) < 4.78 is 1.62. The van der Waals surface area contributed by atoms with Crippen LogP contribution in [0, 0.1) is 6.92 Å². The lowest BCUT2D eigenvalue weighted by Crippen LogP contribution is -2.21. The number of aromatic nitrogens is 2. The zero-order chi connectivity index (χ0) is 14.0.